The van der Waals surface area contributed by atoms with Gasteiger partial charge in [-0.2, -0.15) is 0 Å². The molecule has 0 amide bonds. The van der Waals surface area contributed by atoms with Crippen LogP contribution in [0.2, 0.25) is 0 Å². The summed E-state index contributed by atoms with van der Waals surface area (Å²) in [5.41, 5.74) is 1.43. The third-order valence-corrected chi connectivity index (χ3v) is 2.52. The van der Waals surface area contributed by atoms with E-state index in [9.17, 15) is 0 Å². The van der Waals surface area contributed by atoms with E-state index in [2.05, 4.69) is 40.8 Å². The summed E-state index contributed by atoms with van der Waals surface area (Å²) >= 11 is 3.49. The Hall–Kier alpha value is 0.180. The molecule has 1 rings (SSSR count). The monoisotopic (exact) mass is 231 g/mol. The van der Waals surface area contributed by atoms with Crippen LogP contribution in [-0.2, 0) is 0 Å². The van der Waals surface area contributed by atoms with Gasteiger partial charge in [0.05, 0.1) is 0 Å². The average molecular weight is 232 g/mol. The van der Waals surface area contributed by atoms with Crippen LogP contribution in [0.1, 0.15) is 26.7 Å². The molecule has 1 fully saturated rings. The standard InChI is InChI=1S/C10H18BrN/c1-9(2)5-7-12(8-6-11)10-3-4-10/h5,10H,3-4,6-8H2,1-2H3. The zero-order valence-corrected chi connectivity index (χ0v) is 9.60. The van der Waals surface area contributed by atoms with Gasteiger partial charge < -0.3 is 0 Å². The van der Waals surface area contributed by atoms with Crippen LogP contribution in [0.25, 0.3) is 0 Å². The Morgan fingerprint density at radius 2 is 2.17 bits per heavy atom. The van der Waals surface area contributed by atoms with Crippen LogP contribution in [0, 0.1) is 0 Å². The van der Waals surface area contributed by atoms with Gasteiger partial charge in [-0.05, 0) is 26.7 Å². The molecule has 0 heterocycles. The highest BCUT2D eigenvalue weighted by Crippen LogP contribution is 2.26. The molecule has 0 bridgehead atoms. The summed E-state index contributed by atoms with van der Waals surface area (Å²) in [4.78, 5) is 2.56. The number of halogens is 1. The molecule has 1 nitrogen and oxygen atoms in total. The first kappa shape index (κ1) is 10.3. The molecule has 2 heteroatoms. The van der Waals surface area contributed by atoms with Crippen molar-refractivity contribution in [3.8, 4) is 0 Å². The van der Waals surface area contributed by atoms with E-state index in [-0.39, 0.29) is 0 Å². The molecule has 0 aliphatic heterocycles. The molecule has 1 saturated carbocycles. The average Bonchev–Trinajstić information content (AvgIpc) is 2.79. The minimum Gasteiger partial charge on any atom is -0.296 e. The summed E-state index contributed by atoms with van der Waals surface area (Å²) < 4.78 is 0. The highest BCUT2D eigenvalue weighted by molar-refractivity contribution is 9.09. The maximum atomic E-state index is 3.49. The fourth-order valence-corrected chi connectivity index (χ4v) is 1.73. The van der Waals surface area contributed by atoms with Crippen molar-refractivity contribution >= 4 is 15.9 Å². The van der Waals surface area contributed by atoms with Gasteiger partial charge in [0.2, 0.25) is 0 Å². The maximum absolute atomic E-state index is 3.49. The van der Waals surface area contributed by atoms with E-state index in [1.54, 1.807) is 0 Å². The number of allylic oxidation sites excluding steroid dienone is 1. The Bertz CT molecular complexity index is 157. The van der Waals surface area contributed by atoms with Crippen LogP contribution in [0.4, 0.5) is 0 Å². The molecule has 12 heavy (non-hydrogen) atoms. The zero-order chi connectivity index (χ0) is 8.97. The van der Waals surface area contributed by atoms with Gasteiger partial charge in [-0.15, -0.1) is 0 Å². The van der Waals surface area contributed by atoms with Crippen molar-refractivity contribution in [1.82, 2.24) is 4.90 Å². The van der Waals surface area contributed by atoms with Gasteiger partial charge in [0.15, 0.2) is 0 Å². The van der Waals surface area contributed by atoms with Crippen molar-refractivity contribution in [3.05, 3.63) is 11.6 Å². The van der Waals surface area contributed by atoms with Crippen molar-refractivity contribution in [2.75, 3.05) is 18.4 Å². The lowest BCUT2D eigenvalue weighted by Crippen LogP contribution is -2.28. The third kappa shape index (κ3) is 3.72. The molecular formula is C10H18BrN. The van der Waals surface area contributed by atoms with Crippen molar-refractivity contribution in [1.29, 1.82) is 0 Å². The molecule has 0 saturated heterocycles. The first-order valence-electron chi connectivity index (χ1n) is 4.67. The predicted octanol–water partition coefficient (Wildman–Crippen LogP) is 2.81. The number of nitrogens with zero attached hydrogens (tertiary/aromatic N) is 1. The predicted molar refractivity (Wildman–Crippen MR) is 57.8 cm³/mol. The first-order valence-corrected chi connectivity index (χ1v) is 5.79. The highest BCUT2D eigenvalue weighted by atomic mass is 79.9. The smallest absolute Gasteiger partial charge is 0.0168 e. The topological polar surface area (TPSA) is 3.24 Å². The first-order chi connectivity index (χ1) is 5.74. The second-order valence-electron chi connectivity index (χ2n) is 3.70. The van der Waals surface area contributed by atoms with E-state index in [4.69, 9.17) is 0 Å². The minimum atomic E-state index is 0.887. The van der Waals surface area contributed by atoms with Crippen molar-refractivity contribution in [2.45, 2.75) is 32.7 Å². The van der Waals surface area contributed by atoms with Crippen LogP contribution < -0.4 is 0 Å². The van der Waals surface area contributed by atoms with E-state index in [0.29, 0.717) is 0 Å². The normalized spacial score (nSPS) is 16.7. The van der Waals surface area contributed by atoms with Crippen molar-refractivity contribution in [3.63, 3.8) is 0 Å². The van der Waals surface area contributed by atoms with Crippen LogP contribution in [0.15, 0.2) is 11.6 Å². The Kier molecular flexibility index (Phi) is 4.30. The van der Waals surface area contributed by atoms with Gasteiger partial charge in [0.25, 0.3) is 0 Å². The van der Waals surface area contributed by atoms with Gasteiger partial charge in [-0.1, -0.05) is 27.6 Å². The summed E-state index contributed by atoms with van der Waals surface area (Å²) in [6.45, 7) is 6.66. The van der Waals surface area contributed by atoms with Crippen LogP contribution >= 0.6 is 15.9 Å². The maximum Gasteiger partial charge on any atom is 0.0168 e. The van der Waals surface area contributed by atoms with Crippen molar-refractivity contribution in [2.24, 2.45) is 0 Å². The summed E-state index contributed by atoms with van der Waals surface area (Å²) in [6, 6.07) is 0.887. The fourth-order valence-electron chi connectivity index (χ4n) is 1.27. The highest BCUT2D eigenvalue weighted by Gasteiger charge is 2.27. The Morgan fingerprint density at radius 3 is 2.58 bits per heavy atom. The Morgan fingerprint density at radius 1 is 1.50 bits per heavy atom. The molecular weight excluding hydrogens is 214 g/mol. The lowest BCUT2D eigenvalue weighted by atomic mass is 10.3. The Balaban J connectivity index is 2.27. The summed E-state index contributed by atoms with van der Waals surface area (Å²) in [6.07, 6.45) is 5.13. The molecule has 0 unspecified atom stereocenters. The number of hydrogen-bond donors (Lipinski definition) is 0. The molecule has 0 aromatic carbocycles. The van der Waals surface area contributed by atoms with Gasteiger partial charge in [-0.3, -0.25) is 4.90 Å². The summed E-state index contributed by atoms with van der Waals surface area (Å²) in [5, 5.41) is 1.10. The quantitative estimate of drug-likeness (QED) is 0.520. The second-order valence-corrected chi connectivity index (χ2v) is 4.49. The molecule has 0 spiro atoms. The Labute approximate surface area is 84.0 Å². The lowest BCUT2D eigenvalue weighted by molar-refractivity contribution is 0.311. The summed E-state index contributed by atoms with van der Waals surface area (Å²) in [7, 11) is 0. The molecule has 0 radical (unpaired) electrons. The molecule has 0 aromatic heterocycles. The number of hydrogen-bond acceptors (Lipinski definition) is 1. The SMILES string of the molecule is CC(C)=CCN(CCBr)C1CC1. The molecule has 1 aliphatic carbocycles. The van der Waals surface area contributed by atoms with Gasteiger partial charge in [0, 0.05) is 24.5 Å². The number of alkyl halides is 1. The van der Waals surface area contributed by atoms with Crippen molar-refractivity contribution < 1.29 is 0 Å². The summed E-state index contributed by atoms with van der Waals surface area (Å²) in [5.74, 6) is 0. The van der Waals surface area contributed by atoms with Gasteiger partial charge in [0.1, 0.15) is 0 Å². The number of rotatable bonds is 5. The third-order valence-electron chi connectivity index (χ3n) is 2.17. The lowest BCUT2D eigenvalue weighted by Gasteiger charge is -2.18. The fraction of sp³-hybridized carbons (Fsp3) is 0.800. The van der Waals surface area contributed by atoms with Crippen LogP contribution in [-0.4, -0.2) is 29.4 Å². The van der Waals surface area contributed by atoms with Gasteiger partial charge >= 0.3 is 0 Å². The van der Waals surface area contributed by atoms with E-state index < -0.39 is 0 Å². The molecule has 70 valence electrons. The zero-order valence-electron chi connectivity index (χ0n) is 8.02. The molecule has 0 N–H and O–H groups in total. The second kappa shape index (κ2) is 5.03. The van der Waals surface area contributed by atoms with E-state index in [0.717, 1.165) is 17.9 Å². The van der Waals surface area contributed by atoms with E-state index in [1.807, 2.05) is 0 Å². The molecule has 0 aromatic rings. The molecule has 1 aliphatic rings. The van der Waals surface area contributed by atoms with E-state index in [1.165, 1.54) is 25.0 Å². The largest absolute Gasteiger partial charge is 0.296 e. The molecule has 0 atom stereocenters. The van der Waals surface area contributed by atoms with Crippen LogP contribution in [0.5, 0.6) is 0 Å². The van der Waals surface area contributed by atoms with Gasteiger partial charge in [-0.25, -0.2) is 0 Å². The van der Waals surface area contributed by atoms with E-state index >= 15 is 0 Å². The minimum absolute atomic E-state index is 0.887. The van der Waals surface area contributed by atoms with Crippen LogP contribution in [0.3, 0.4) is 0 Å².